The maximum absolute atomic E-state index is 11.7. The highest BCUT2D eigenvalue weighted by atomic mass is 35.5. The summed E-state index contributed by atoms with van der Waals surface area (Å²) in [5.41, 5.74) is 4.87. The second kappa shape index (κ2) is 10.8. The number of hydrogen-bond acceptors (Lipinski definition) is 9. The van der Waals surface area contributed by atoms with Crippen molar-refractivity contribution < 1.29 is 46.8 Å². The number of halogens is 4. The molecule has 2 heterocycles. The van der Waals surface area contributed by atoms with Crippen LogP contribution >= 0.6 is 11.6 Å². The normalized spacial score (nSPS) is 17.8. The van der Waals surface area contributed by atoms with Crippen molar-refractivity contribution in [2.75, 3.05) is 18.9 Å². The number of aromatic nitrogens is 2. The lowest BCUT2D eigenvalue weighted by atomic mass is 10.3. The smallest absolute Gasteiger partial charge is 0.475 e. The quantitative estimate of drug-likeness (QED) is 0.491. The molecule has 0 saturated carbocycles. The molecular formula is C17H15ClF3N3O8. The molecule has 15 heteroatoms. The number of rotatable bonds is 4. The number of carbonyl (C=O) groups is 2. The van der Waals surface area contributed by atoms with E-state index in [1.54, 1.807) is 12.1 Å². The van der Waals surface area contributed by atoms with E-state index in [0.717, 1.165) is 0 Å². The molecule has 0 spiro atoms. The molecule has 0 bridgehead atoms. The molecule has 11 nitrogen and oxygen atoms in total. The van der Waals surface area contributed by atoms with Gasteiger partial charge < -0.3 is 29.8 Å². The summed E-state index contributed by atoms with van der Waals surface area (Å²) in [7, 11) is 0. The number of alkyl halides is 3. The molecule has 2 unspecified atom stereocenters. The SMILES string of the molecule is Nc1ccn(C2COC(COC(=O)Oc3ccc(Cl)cc3)O2)c(=O)n1.O=C(O)C(F)(F)F. The highest BCUT2D eigenvalue weighted by molar-refractivity contribution is 6.30. The Morgan fingerprint density at radius 3 is 2.47 bits per heavy atom. The highest BCUT2D eigenvalue weighted by Gasteiger charge is 2.38. The molecule has 0 aliphatic carbocycles. The van der Waals surface area contributed by atoms with Gasteiger partial charge in [-0.25, -0.2) is 14.4 Å². The number of nitrogens with zero attached hydrogens (tertiary/aromatic N) is 2. The van der Waals surface area contributed by atoms with Crippen LogP contribution < -0.4 is 16.2 Å². The number of benzene rings is 1. The first kappa shape index (κ1) is 24.9. The fourth-order valence-electron chi connectivity index (χ4n) is 2.09. The van der Waals surface area contributed by atoms with Gasteiger partial charge in [-0.1, -0.05) is 11.6 Å². The Morgan fingerprint density at radius 2 is 1.91 bits per heavy atom. The van der Waals surface area contributed by atoms with Crippen molar-refractivity contribution in [3.05, 3.63) is 52.0 Å². The van der Waals surface area contributed by atoms with Crippen molar-refractivity contribution in [3.63, 3.8) is 0 Å². The van der Waals surface area contributed by atoms with Crippen molar-refractivity contribution in [1.29, 1.82) is 0 Å². The monoisotopic (exact) mass is 481 g/mol. The molecule has 2 atom stereocenters. The number of carbonyl (C=O) groups excluding carboxylic acids is 1. The first-order valence-electron chi connectivity index (χ1n) is 8.47. The van der Waals surface area contributed by atoms with Crippen LogP contribution in [0, 0.1) is 0 Å². The Hall–Kier alpha value is -3.36. The van der Waals surface area contributed by atoms with E-state index in [-0.39, 0.29) is 19.0 Å². The topological polar surface area (TPSA) is 152 Å². The minimum absolute atomic E-state index is 0.103. The molecule has 1 aromatic carbocycles. The van der Waals surface area contributed by atoms with Crippen molar-refractivity contribution >= 4 is 29.5 Å². The number of nitrogen functional groups attached to an aromatic ring is 1. The summed E-state index contributed by atoms with van der Waals surface area (Å²) < 4.78 is 53.7. The van der Waals surface area contributed by atoms with Gasteiger partial charge in [0.15, 0.2) is 12.5 Å². The van der Waals surface area contributed by atoms with E-state index in [1.165, 1.54) is 29.0 Å². The van der Waals surface area contributed by atoms with Crippen LogP contribution in [0.2, 0.25) is 5.02 Å². The fraction of sp³-hybridized carbons (Fsp3) is 0.294. The van der Waals surface area contributed by atoms with Gasteiger partial charge in [0.25, 0.3) is 0 Å². The largest absolute Gasteiger partial charge is 0.514 e. The number of ether oxygens (including phenoxy) is 4. The first-order chi connectivity index (χ1) is 15.0. The van der Waals surface area contributed by atoms with Crippen LogP contribution in [0.1, 0.15) is 6.23 Å². The minimum Gasteiger partial charge on any atom is -0.475 e. The number of hydrogen-bond donors (Lipinski definition) is 2. The highest BCUT2D eigenvalue weighted by Crippen LogP contribution is 2.20. The molecule has 0 radical (unpaired) electrons. The summed E-state index contributed by atoms with van der Waals surface area (Å²) in [6, 6.07) is 7.69. The summed E-state index contributed by atoms with van der Waals surface area (Å²) in [6.45, 7) is -0.0914. The van der Waals surface area contributed by atoms with E-state index in [1.807, 2.05) is 0 Å². The lowest BCUT2D eigenvalue weighted by molar-refractivity contribution is -0.192. The molecule has 32 heavy (non-hydrogen) atoms. The molecule has 1 fully saturated rings. The van der Waals surface area contributed by atoms with Gasteiger partial charge in [0.1, 0.15) is 18.2 Å². The molecule has 3 rings (SSSR count). The molecule has 1 aliphatic rings. The van der Waals surface area contributed by atoms with Crippen LogP contribution in [0.15, 0.2) is 41.3 Å². The van der Waals surface area contributed by atoms with Crippen molar-refractivity contribution in [1.82, 2.24) is 9.55 Å². The van der Waals surface area contributed by atoms with Crippen LogP contribution in [0.25, 0.3) is 0 Å². The van der Waals surface area contributed by atoms with Crippen molar-refractivity contribution in [3.8, 4) is 5.75 Å². The average Bonchev–Trinajstić information content (AvgIpc) is 3.17. The Morgan fingerprint density at radius 1 is 1.28 bits per heavy atom. The van der Waals surface area contributed by atoms with Crippen molar-refractivity contribution in [2.45, 2.75) is 18.7 Å². The summed E-state index contributed by atoms with van der Waals surface area (Å²) >= 11 is 5.74. The van der Waals surface area contributed by atoms with E-state index in [9.17, 15) is 22.8 Å². The Bertz CT molecular complexity index is 1000. The summed E-state index contributed by atoms with van der Waals surface area (Å²) in [5, 5.41) is 7.65. The molecule has 1 aliphatic heterocycles. The van der Waals surface area contributed by atoms with Crippen LogP contribution in [-0.4, -0.2) is 52.5 Å². The Balaban J connectivity index is 0.000000451. The van der Waals surface area contributed by atoms with E-state index in [2.05, 4.69) is 4.98 Å². The molecule has 1 aromatic heterocycles. The summed E-state index contributed by atoms with van der Waals surface area (Å²) in [6.07, 6.45) is -6.05. The zero-order chi connectivity index (χ0) is 23.9. The minimum atomic E-state index is -5.08. The first-order valence-corrected chi connectivity index (χ1v) is 8.85. The van der Waals surface area contributed by atoms with E-state index in [4.69, 9.17) is 46.2 Å². The lowest BCUT2D eigenvalue weighted by Crippen LogP contribution is -2.29. The number of anilines is 1. The fourth-order valence-corrected chi connectivity index (χ4v) is 2.21. The number of carboxylic acid groups (broad SMARTS) is 1. The molecular weight excluding hydrogens is 467 g/mol. The van der Waals surface area contributed by atoms with Crippen LogP contribution in [0.4, 0.5) is 23.8 Å². The average molecular weight is 482 g/mol. The van der Waals surface area contributed by atoms with Gasteiger partial charge in [0.05, 0.1) is 6.61 Å². The van der Waals surface area contributed by atoms with Gasteiger partial charge >= 0.3 is 24.0 Å². The Kier molecular flexibility index (Phi) is 8.40. The van der Waals surface area contributed by atoms with Gasteiger partial charge in [-0.15, -0.1) is 0 Å². The van der Waals surface area contributed by atoms with Crippen molar-refractivity contribution in [2.24, 2.45) is 0 Å². The maximum Gasteiger partial charge on any atom is 0.514 e. The zero-order valence-electron chi connectivity index (χ0n) is 15.8. The number of aliphatic carboxylic acids is 1. The van der Waals surface area contributed by atoms with Crippen LogP contribution in [0.3, 0.4) is 0 Å². The lowest BCUT2D eigenvalue weighted by Gasteiger charge is -2.13. The predicted octanol–water partition coefficient (Wildman–Crippen LogP) is 2.20. The summed E-state index contributed by atoms with van der Waals surface area (Å²) in [4.78, 5) is 35.9. The molecule has 174 valence electrons. The van der Waals surface area contributed by atoms with E-state index < -0.39 is 36.5 Å². The third-order valence-corrected chi connectivity index (χ3v) is 3.74. The van der Waals surface area contributed by atoms with Gasteiger partial charge in [-0.2, -0.15) is 18.2 Å². The second-order valence-corrected chi connectivity index (χ2v) is 6.25. The summed E-state index contributed by atoms with van der Waals surface area (Å²) in [5.74, 6) is -2.35. The number of nitrogens with two attached hydrogens (primary N) is 1. The zero-order valence-corrected chi connectivity index (χ0v) is 16.6. The van der Waals surface area contributed by atoms with Crippen LogP contribution in [0.5, 0.6) is 5.75 Å². The molecule has 0 amide bonds. The Labute approximate surface area is 182 Å². The molecule has 2 aromatic rings. The third-order valence-electron chi connectivity index (χ3n) is 3.49. The predicted molar refractivity (Wildman–Crippen MR) is 99.9 cm³/mol. The van der Waals surface area contributed by atoms with E-state index >= 15 is 0 Å². The third kappa shape index (κ3) is 7.72. The standard InChI is InChI=1S/C15H14ClN3O6.C2HF3O2/c16-9-1-3-10(4-2-9)24-15(21)23-8-13-22-7-12(25-13)19-6-5-11(17)18-14(19)20;3-2(4,5)1(6)7/h1-6,12-13H,7-8H2,(H2,17,18,20);(H,6,7). The van der Waals surface area contributed by atoms with Gasteiger partial charge in [0, 0.05) is 11.2 Å². The van der Waals surface area contributed by atoms with E-state index in [0.29, 0.717) is 10.8 Å². The van der Waals surface area contributed by atoms with Gasteiger partial charge in [-0.05, 0) is 30.3 Å². The number of carboxylic acids is 1. The maximum atomic E-state index is 11.7. The molecule has 1 saturated heterocycles. The van der Waals surface area contributed by atoms with Crippen LogP contribution in [-0.2, 0) is 19.0 Å². The van der Waals surface area contributed by atoms with Gasteiger partial charge in [-0.3, -0.25) is 4.57 Å². The molecule has 3 N–H and O–H groups in total. The van der Waals surface area contributed by atoms with Gasteiger partial charge in [0.2, 0.25) is 0 Å². The second-order valence-electron chi connectivity index (χ2n) is 5.82.